The van der Waals surface area contributed by atoms with Crippen LogP contribution in [0.15, 0.2) is 133 Å². The fourth-order valence-corrected chi connectivity index (χ4v) is 6.97. The summed E-state index contributed by atoms with van der Waals surface area (Å²) < 4.78 is 107. The lowest BCUT2D eigenvalue weighted by Crippen LogP contribution is -2.13. The summed E-state index contributed by atoms with van der Waals surface area (Å²) in [7, 11) is 6.24. The Morgan fingerprint density at radius 1 is 0.295 bits per heavy atom. The first-order valence-electron chi connectivity index (χ1n) is 25.7. The molecule has 0 radical (unpaired) electrons. The Bertz CT molecular complexity index is 2580. The molecule has 0 aliphatic heterocycles. The molecule has 6 rings (SSSR count). The Labute approximate surface area is 469 Å². The first-order valence-corrected chi connectivity index (χ1v) is 26.1. The van der Waals surface area contributed by atoms with Gasteiger partial charge in [0.2, 0.25) is 0 Å². The topological polar surface area (TPSA) is 36.9 Å². The normalized spacial score (nSPS) is 12.0. The van der Waals surface area contributed by atoms with Gasteiger partial charge in [-0.2, -0.15) is 26.3 Å². The third-order valence-corrected chi connectivity index (χ3v) is 12.3. The minimum atomic E-state index is -4.37. The van der Waals surface area contributed by atoms with E-state index in [2.05, 4.69) is 113 Å². The maximum Gasteiger partial charge on any atom is 0.419 e. The van der Waals surface area contributed by atoms with Crippen molar-refractivity contribution in [2.75, 3.05) is 28.4 Å². The van der Waals surface area contributed by atoms with Gasteiger partial charge in [0.15, 0.2) is 11.5 Å². The average Bonchev–Trinajstić information content (AvgIpc) is 3.32. The first kappa shape index (κ1) is 70.3. The summed E-state index contributed by atoms with van der Waals surface area (Å²) in [4.78, 5) is 0. The SMILES string of the molecule is CC(C)(C)c1ccc(C(F)(F)F)cc1.CC(C)(C)c1ccc(Cl)cc1.CC(C)(C)c1ccc(F)cc1.COc1cc(C(C)(C)C)ccc1C(F)(F)F.COc1ccc(C(C)(C)C)cc1.COc1ccc(C(C)(C)C)cc1OC. The number of benzene rings is 6. The molecule has 0 unspecified atom stereocenters. The molecule has 0 aromatic heterocycles. The molecule has 4 nitrogen and oxygen atoms in total. The van der Waals surface area contributed by atoms with E-state index in [-0.39, 0.29) is 44.1 Å². The van der Waals surface area contributed by atoms with Crippen molar-refractivity contribution in [3.63, 3.8) is 0 Å². The zero-order chi connectivity index (χ0) is 60.5. The van der Waals surface area contributed by atoms with Gasteiger partial charge in [-0.05, 0) is 139 Å². The van der Waals surface area contributed by atoms with Crippen LogP contribution in [0.25, 0.3) is 0 Å². The predicted octanol–water partition coefficient (Wildman–Crippen LogP) is 20.8. The van der Waals surface area contributed by atoms with Crippen LogP contribution in [0.5, 0.6) is 23.0 Å². The lowest BCUT2D eigenvalue weighted by atomic mass is 9.86. The van der Waals surface area contributed by atoms with Crippen LogP contribution in [0.1, 0.15) is 169 Å². The Kier molecular flexibility index (Phi) is 26.1. The summed E-state index contributed by atoms with van der Waals surface area (Å²) in [5.41, 5.74) is 5.88. The van der Waals surface area contributed by atoms with Crippen LogP contribution < -0.4 is 18.9 Å². The summed E-state index contributed by atoms with van der Waals surface area (Å²) in [6.45, 7) is 37.8. The Hall–Kier alpha value is -5.68. The van der Waals surface area contributed by atoms with Crippen LogP contribution in [0.2, 0.25) is 5.02 Å². The molecule has 0 saturated carbocycles. The maximum atomic E-state index is 12.6. The van der Waals surface area contributed by atoms with Crippen molar-refractivity contribution in [2.45, 2.75) is 169 Å². The standard InChI is InChI=1S/C12H15F3O.C12H18O2.C11H13F3.C11H16O.C10H13Cl.C10H13F/c1-11(2,3)8-5-6-9(12(13,14)15)10(7-8)16-4;1-12(2,3)9-6-7-10(13-4)11(8-9)14-5;1-10(2,3)8-4-6-9(7-5-8)11(12,13)14;1-11(2,3)9-5-7-10(12-4)8-6-9;2*1-10(2,3)8-4-6-9(11)7-5-8/h5-7H,1-4H3;6-8H,1-5H3;4-7H,1-3H3;5-8H,1-4H3;2*4-7H,1-3H3. The predicted molar refractivity (Wildman–Crippen MR) is 312 cm³/mol. The molecule has 0 N–H and O–H groups in total. The van der Waals surface area contributed by atoms with Crippen LogP contribution in [0.4, 0.5) is 30.7 Å². The second-order valence-corrected chi connectivity index (χ2v) is 25.2. The highest BCUT2D eigenvalue weighted by Gasteiger charge is 2.35. The smallest absolute Gasteiger partial charge is 0.419 e. The largest absolute Gasteiger partial charge is 0.497 e. The summed E-state index contributed by atoms with van der Waals surface area (Å²) >= 11 is 5.76. The molecule has 6 aromatic carbocycles. The monoisotopic (exact) mass is 1110 g/mol. The molecule has 78 heavy (non-hydrogen) atoms. The van der Waals surface area contributed by atoms with Gasteiger partial charge < -0.3 is 18.9 Å². The first-order chi connectivity index (χ1) is 35.4. The van der Waals surface area contributed by atoms with Crippen LogP contribution in [-0.2, 0) is 44.8 Å². The second-order valence-electron chi connectivity index (χ2n) is 24.8. The van der Waals surface area contributed by atoms with Gasteiger partial charge in [0, 0.05) is 5.02 Å². The van der Waals surface area contributed by atoms with Crippen LogP contribution in [-0.4, -0.2) is 28.4 Å². The van der Waals surface area contributed by atoms with Crippen LogP contribution in [0, 0.1) is 5.82 Å². The van der Waals surface area contributed by atoms with Crippen molar-refractivity contribution in [1.29, 1.82) is 0 Å². The molecule has 0 heterocycles. The molecule has 6 aromatic rings. The van der Waals surface area contributed by atoms with E-state index in [1.165, 1.54) is 65.8 Å². The quantitative estimate of drug-likeness (QED) is 0.165. The summed E-state index contributed by atoms with van der Waals surface area (Å²) in [6.07, 6.45) is -8.61. The molecule has 0 atom stereocenters. The fraction of sp³-hybridized carbons (Fsp3) is 0.455. The zero-order valence-corrected chi connectivity index (χ0v) is 51.1. The minimum absolute atomic E-state index is 0.107. The molecular formula is C66H88ClF7O4. The summed E-state index contributed by atoms with van der Waals surface area (Å²) in [5.74, 6) is 2.20. The van der Waals surface area contributed by atoms with E-state index >= 15 is 0 Å². The number of halogens is 8. The van der Waals surface area contributed by atoms with Crippen molar-refractivity contribution in [3.8, 4) is 23.0 Å². The minimum Gasteiger partial charge on any atom is -0.497 e. The molecular weight excluding hydrogens is 1030 g/mol. The highest BCUT2D eigenvalue weighted by Crippen LogP contribution is 2.39. The lowest BCUT2D eigenvalue weighted by molar-refractivity contribution is -0.139. The molecule has 0 saturated heterocycles. The number of methoxy groups -OCH3 is 4. The van der Waals surface area contributed by atoms with E-state index < -0.39 is 23.5 Å². The lowest BCUT2D eigenvalue weighted by Gasteiger charge is -2.21. The van der Waals surface area contributed by atoms with Crippen molar-refractivity contribution < 1.29 is 49.7 Å². The third-order valence-electron chi connectivity index (χ3n) is 12.1. The molecule has 0 fully saturated rings. The Balaban J connectivity index is 0.000000470. The highest BCUT2D eigenvalue weighted by atomic mass is 35.5. The third kappa shape index (κ3) is 25.0. The van der Waals surface area contributed by atoms with Crippen LogP contribution >= 0.6 is 11.6 Å². The second kappa shape index (κ2) is 29.0. The van der Waals surface area contributed by atoms with E-state index in [1.807, 2.05) is 90.1 Å². The molecule has 0 amide bonds. The van der Waals surface area contributed by atoms with Gasteiger partial charge in [-0.15, -0.1) is 0 Å². The van der Waals surface area contributed by atoms with Crippen molar-refractivity contribution in [3.05, 3.63) is 189 Å². The Morgan fingerprint density at radius 3 is 0.885 bits per heavy atom. The number of alkyl halides is 6. The number of hydrogen-bond donors (Lipinski definition) is 0. The van der Waals surface area contributed by atoms with Gasteiger partial charge in [-0.3, -0.25) is 0 Å². The number of ether oxygens (including phenoxy) is 4. The molecule has 0 aliphatic rings. The summed E-state index contributed by atoms with van der Waals surface area (Å²) in [5, 5.41) is 0.804. The average molecular weight is 1110 g/mol. The van der Waals surface area contributed by atoms with Gasteiger partial charge in [0.1, 0.15) is 17.3 Å². The maximum absolute atomic E-state index is 12.6. The van der Waals surface area contributed by atoms with Gasteiger partial charge in [-0.25, -0.2) is 4.39 Å². The Morgan fingerprint density at radius 2 is 0.577 bits per heavy atom. The number of rotatable bonds is 4. The van der Waals surface area contributed by atoms with Crippen molar-refractivity contribution in [2.24, 2.45) is 0 Å². The van der Waals surface area contributed by atoms with Gasteiger partial charge >= 0.3 is 12.4 Å². The van der Waals surface area contributed by atoms with E-state index in [0.717, 1.165) is 51.6 Å². The number of hydrogen-bond acceptors (Lipinski definition) is 4. The zero-order valence-electron chi connectivity index (χ0n) is 50.4. The van der Waals surface area contributed by atoms with E-state index in [1.54, 1.807) is 21.3 Å². The molecule has 0 bridgehead atoms. The van der Waals surface area contributed by atoms with Crippen molar-refractivity contribution >= 4 is 11.6 Å². The van der Waals surface area contributed by atoms with Gasteiger partial charge in [0.05, 0.1) is 39.6 Å². The molecule has 12 heteroatoms. The van der Waals surface area contributed by atoms with E-state index in [9.17, 15) is 30.7 Å². The molecule has 432 valence electrons. The summed E-state index contributed by atoms with van der Waals surface area (Å²) in [6, 6.07) is 38.2. The van der Waals surface area contributed by atoms with E-state index in [4.69, 9.17) is 30.5 Å². The van der Waals surface area contributed by atoms with Crippen LogP contribution in [0.3, 0.4) is 0 Å². The highest BCUT2D eigenvalue weighted by molar-refractivity contribution is 6.30. The molecule has 0 spiro atoms. The van der Waals surface area contributed by atoms with Crippen molar-refractivity contribution in [1.82, 2.24) is 0 Å². The van der Waals surface area contributed by atoms with Gasteiger partial charge in [0.25, 0.3) is 0 Å². The fourth-order valence-electron chi connectivity index (χ4n) is 6.84. The van der Waals surface area contributed by atoms with Gasteiger partial charge in [-0.1, -0.05) is 197 Å². The molecule has 0 aliphatic carbocycles. The van der Waals surface area contributed by atoms with E-state index in [0.29, 0.717) is 0 Å².